The third-order valence-corrected chi connectivity index (χ3v) is 4.26. The lowest BCUT2D eigenvalue weighted by atomic mass is 10.1. The van der Waals surface area contributed by atoms with E-state index in [1.165, 1.54) is 7.05 Å². The van der Waals surface area contributed by atoms with Crippen molar-refractivity contribution in [2.24, 2.45) is 0 Å². The van der Waals surface area contributed by atoms with Crippen LogP contribution in [-0.4, -0.2) is 48.4 Å². The lowest BCUT2D eigenvalue weighted by Gasteiger charge is -2.19. The molecule has 0 saturated carbocycles. The number of nitrogens with one attached hydrogen (secondary N) is 1. The molecule has 0 bridgehead atoms. The van der Waals surface area contributed by atoms with E-state index in [-0.39, 0.29) is 6.67 Å². The number of hydrogen-bond acceptors (Lipinski definition) is 4. The van der Waals surface area contributed by atoms with Crippen LogP contribution in [0, 0.1) is 0 Å². The minimum absolute atomic E-state index is 0.135. The number of nitrogens with zero attached hydrogens (tertiary/aromatic N) is 2. The molecule has 0 spiro atoms. The quantitative estimate of drug-likeness (QED) is 0.636. The molecule has 0 radical (unpaired) electrons. The molecule has 1 saturated heterocycles. The monoisotopic (exact) mass is 330 g/mol. The molecule has 1 aromatic carbocycles. The summed E-state index contributed by atoms with van der Waals surface area (Å²) < 4.78 is 5.87. The lowest BCUT2D eigenvalue weighted by Crippen LogP contribution is -3.09. The maximum absolute atomic E-state index is 12.0. The van der Waals surface area contributed by atoms with Gasteiger partial charge in [-0.3, -0.25) is 14.5 Å². The fraction of sp³-hybridized carbons (Fsp3) is 0.353. The molecule has 1 N–H and O–H groups in total. The first kappa shape index (κ1) is 16.2. The summed E-state index contributed by atoms with van der Waals surface area (Å²) in [6.07, 6.45) is 0.764. The van der Waals surface area contributed by atoms with Crippen LogP contribution in [0.25, 0.3) is 11.0 Å². The fourth-order valence-corrected chi connectivity index (χ4v) is 3.01. The number of carbonyl (C=O) groups excluding carboxylic acids is 3. The van der Waals surface area contributed by atoms with E-state index >= 15 is 0 Å². The van der Waals surface area contributed by atoms with Crippen LogP contribution in [0.2, 0.25) is 0 Å². The van der Waals surface area contributed by atoms with Gasteiger partial charge >= 0.3 is 17.8 Å². The smallest absolute Gasteiger partial charge is 0.338 e. The van der Waals surface area contributed by atoms with Crippen LogP contribution in [0.15, 0.2) is 28.7 Å². The molecule has 1 fully saturated rings. The Balaban J connectivity index is 1.81. The third-order valence-electron chi connectivity index (χ3n) is 4.26. The highest BCUT2D eigenvalue weighted by molar-refractivity contribution is 6.44. The van der Waals surface area contributed by atoms with Crippen LogP contribution < -0.4 is 4.90 Å². The summed E-state index contributed by atoms with van der Waals surface area (Å²) in [7, 11) is 3.20. The highest BCUT2D eigenvalue weighted by Crippen LogP contribution is 2.25. The van der Waals surface area contributed by atoms with Gasteiger partial charge in [-0.05, 0) is 6.07 Å². The average Bonchev–Trinajstić information content (AvgIpc) is 3.02. The highest BCUT2D eigenvalue weighted by Gasteiger charge is 2.43. The minimum Gasteiger partial charge on any atom is -0.461 e. The number of benzene rings is 1. The number of imide groups is 2. The predicted octanol–water partition coefficient (Wildman–Crippen LogP) is 0.388. The van der Waals surface area contributed by atoms with Crippen LogP contribution in [0.5, 0.6) is 0 Å². The van der Waals surface area contributed by atoms with E-state index in [1.54, 1.807) is 0 Å². The van der Waals surface area contributed by atoms with Crippen molar-refractivity contribution < 1.29 is 23.7 Å². The summed E-state index contributed by atoms with van der Waals surface area (Å²) in [6.45, 7) is 2.75. The van der Waals surface area contributed by atoms with Crippen LogP contribution in [0.3, 0.4) is 0 Å². The van der Waals surface area contributed by atoms with E-state index in [1.807, 2.05) is 38.2 Å². The Labute approximate surface area is 139 Å². The van der Waals surface area contributed by atoms with E-state index in [9.17, 15) is 14.4 Å². The maximum Gasteiger partial charge on any atom is 0.338 e. The van der Waals surface area contributed by atoms with Crippen molar-refractivity contribution in [1.29, 1.82) is 0 Å². The zero-order valence-electron chi connectivity index (χ0n) is 14.0. The Morgan fingerprint density at radius 1 is 1.12 bits per heavy atom. The Morgan fingerprint density at radius 3 is 2.46 bits per heavy atom. The zero-order chi connectivity index (χ0) is 17.4. The summed E-state index contributed by atoms with van der Waals surface area (Å²) >= 11 is 0. The summed E-state index contributed by atoms with van der Waals surface area (Å²) in [5.74, 6) is -0.645. The molecule has 126 valence electrons. The van der Waals surface area contributed by atoms with Crippen molar-refractivity contribution in [3.05, 3.63) is 35.6 Å². The Kier molecular flexibility index (Phi) is 4.11. The summed E-state index contributed by atoms with van der Waals surface area (Å²) in [5, 5.41) is 1.04. The molecule has 1 aliphatic rings. The molecule has 0 aliphatic carbocycles. The Hall–Kier alpha value is -2.67. The molecule has 1 aromatic heterocycles. The first-order chi connectivity index (χ1) is 11.4. The van der Waals surface area contributed by atoms with E-state index in [0.717, 1.165) is 43.4 Å². The van der Waals surface area contributed by atoms with Crippen LogP contribution in [-0.2, 0) is 22.6 Å². The molecule has 4 amide bonds. The van der Waals surface area contributed by atoms with Gasteiger partial charge in [-0.25, -0.2) is 9.69 Å². The van der Waals surface area contributed by atoms with Gasteiger partial charge in [0.15, 0.2) is 6.67 Å². The van der Waals surface area contributed by atoms with Crippen molar-refractivity contribution in [1.82, 2.24) is 9.80 Å². The Morgan fingerprint density at radius 2 is 1.83 bits per heavy atom. The molecule has 2 heterocycles. The molecule has 1 unspecified atom stereocenters. The van der Waals surface area contributed by atoms with Gasteiger partial charge in [-0.1, -0.05) is 25.1 Å². The minimum atomic E-state index is -0.782. The van der Waals surface area contributed by atoms with Crippen molar-refractivity contribution in [2.75, 3.05) is 20.8 Å². The molecular formula is C17H20N3O4+. The molecular weight excluding hydrogens is 310 g/mol. The van der Waals surface area contributed by atoms with Gasteiger partial charge in [0.2, 0.25) is 0 Å². The van der Waals surface area contributed by atoms with Crippen LogP contribution in [0.1, 0.15) is 18.2 Å². The van der Waals surface area contributed by atoms with Gasteiger partial charge < -0.3 is 9.32 Å². The number of carbonyl (C=O) groups is 3. The number of quaternary nitrogens is 1. The second-order valence-electron chi connectivity index (χ2n) is 6.03. The van der Waals surface area contributed by atoms with E-state index in [4.69, 9.17) is 4.42 Å². The fourth-order valence-electron chi connectivity index (χ4n) is 3.01. The second kappa shape index (κ2) is 6.09. The van der Waals surface area contributed by atoms with Gasteiger partial charge in [-0.15, -0.1) is 0 Å². The molecule has 1 aliphatic heterocycles. The number of urea groups is 1. The maximum atomic E-state index is 12.0. The third kappa shape index (κ3) is 2.56. The van der Waals surface area contributed by atoms with Crippen molar-refractivity contribution in [3.8, 4) is 0 Å². The van der Waals surface area contributed by atoms with E-state index in [0.29, 0.717) is 6.54 Å². The summed E-state index contributed by atoms with van der Waals surface area (Å²) in [4.78, 5) is 38.2. The number of furan rings is 1. The van der Waals surface area contributed by atoms with Gasteiger partial charge in [0.25, 0.3) is 0 Å². The molecule has 1 atom stereocenters. The molecule has 7 heteroatoms. The van der Waals surface area contributed by atoms with Crippen LogP contribution in [0.4, 0.5) is 4.79 Å². The van der Waals surface area contributed by atoms with Gasteiger partial charge in [0.05, 0.1) is 12.6 Å². The van der Waals surface area contributed by atoms with Crippen molar-refractivity contribution in [2.45, 2.75) is 19.9 Å². The number of fused-ring (bicyclic) bond motifs is 1. The number of hydrogen-bond donors (Lipinski definition) is 1. The van der Waals surface area contributed by atoms with Crippen molar-refractivity contribution in [3.63, 3.8) is 0 Å². The Bertz CT molecular complexity index is 826. The topological polar surface area (TPSA) is 75.3 Å². The summed E-state index contributed by atoms with van der Waals surface area (Å²) in [5.41, 5.74) is 1.91. The van der Waals surface area contributed by atoms with E-state index in [2.05, 4.69) is 0 Å². The van der Waals surface area contributed by atoms with E-state index < -0.39 is 17.8 Å². The van der Waals surface area contributed by atoms with Gasteiger partial charge in [0, 0.05) is 18.9 Å². The second-order valence-corrected chi connectivity index (χ2v) is 6.03. The van der Waals surface area contributed by atoms with Gasteiger partial charge in [-0.2, -0.15) is 0 Å². The standard InChI is InChI=1S/C17H19N3O4/c1-4-13-12(11-7-5-6-8-14(11)24-13)9-18(2)10-20-16(22)15(21)19(3)17(20)23/h5-8H,4,9-10H2,1-3H3/p+1. The SMILES string of the molecule is CCc1oc2ccccc2c1C[NH+](C)CN1C(=O)C(=O)N(C)C1=O. The molecule has 2 aromatic rings. The number of rotatable bonds is 5. The number of para-hydroxylation sites is 1. The van der Waals surface area contributed by atoms with Gasteiger partial charge in [0.1, 0.15) is 17.9 Å². The number of likely N-dealkylation sites (N-methyl/N-ethyl adjacent to an activating group) is 1. The first-order valence-electron chi connectivity index (χ1n) is 7.88. The van der Waals surface area contributed by atoms with Crippen molar-refractivity contribution >= 4 is 28.8 Å². The molecule has 3 rings (SSSR count). The normalized spacial score (nSPS) is 16.5. The first-order valence-corrected chi connectivity index (χ1v) is 7.88. The highest BCUT2D eigenvalue weighted by atomic mass is 16.3. The lowest BCUT2D eigenvalue weighted by molar-refractivity contribution is -0.901. The van der Waals surface area contributed by atoms with Crippen LogP contribution >= 0.6 is 0 Å². The predicted molar refractivity (Wildman–Crippen MR) is 86.1 cm³/mol. The molecule has 24 heavy (non-hydrogen) atoms. The zero-order valence-corrected chi connectivity index (χ0v) is 14.0. The average molecular weight is 330 g/mol. The number of aryl methyl sites for hydroxylation is 1. The summed E-state index contributed by atoms with van der Waals surface area (Å²) in [6, 6.07) is 7.24. The number of amides is 4. The largest absolute Gasteiger partial charge is 0.461 e. The molecule has 7 nitrogen and oxygen atoms in total.